The van der Waals surface area contributed by atoms with Gasteiger partial charge in [0.15, 0.2) is 0 Å². The van der Waals surface area contributed by atoms with Crippen LogP contribution < -0.4 is 5.32 Å². The number of benzene rings is 1. The second kappa shape index (κ2) is 6.64. The molecule has 0 radical (unpaired) electrons. The van der Waals surface area contributed by atoms with Crippen LogP contribution in [0.3, 0.4) is 0 Å². The van der Waals surface area contributed by atoms with Crippen molar-refractivity contribution in [2.24, 2.45) is 0 Å². The van der Waals surface area contributed by atoms with Gasteiger partial charge in [-0.3, -0.25) is 4.98 Å². The first-order valence-electron chi connectivity index (χ1n) is 6.31. The van der Waals surface area contributed by atoms with E-state index < -0.39 is 0 Å². The van der Waals surface area contributed by atoms with Gasteiger partial charge < -0.3 is 5.32 Å². The molecular formula is C15H16ClFN2. The Balaban J connectivity index is 2.35. The van der Waals surface area contributed by atoms with E-state index in [1.807, 2.05) is 12.1 Å². The highest BCUT2D eigenvalue weighted by atomic mass is 35.5. The lowest BCUT2D eigenvalue weighted by Gasteiger charge is -2.19. The predicted octanol–water partition coefficient (Wildman–Crippen LogP) is 3.96. The van der Waals surface area contributed by atoms with Gasteiger partial charge in [-0.2, -0.15) is 0 Å². The Hall–Kier alpha value is -1.45. The molecule has 2 nitrogen and oxygen atoms in total. The molecule has 0 aliphatic rings. The number of nitrogens with zero attached hydrogens (tertiary/aromatic N) is 1. The van der Waals surface area contributed by atoms with Crippen molar-refractivity contribution in [3.8, 4) is 0 Å². The van der Waals surface area contributed by atoms with E-state index in [9.17, 15) is 4.39 Å². The molecule has 0 fully saturated rings. The Bertz CT molecular complexity index is 528. The molecule has 1 unspecified atom stereocenters. The predicted molar refractivity (Wildman–Crippen MR) is 75.8 cm³/mol. The summed E-state index contributed by atoms with van der Waals surface area (Å²) >= 11 is 5.89. The van der Waals surface area contributed by atoms with E-state index >= 15 is 0 Å². The quantitative estimate of drug-likeness (QED) is 0.895. The third kappa shape index (κ3) is 3.52. The first-order valence-corrected chi connectivity index (χ1v) is 6.69. The second-order valence-electron chi connectivity index (χ2n) is 4.31. The van der Waals surface area contributed by atoms with Crippen molar-refractivity contribution < 1.29 is 4.39 Å². The lowest BCUT2D eigenvalue weighted by Crippen LogP contribution is -2.25. The van der Waals surface area contributed by atoms with Gasteiger partial charge in [0, 0.05) is 11.2 Å². The number of pyridine rings is 1. The van der Waals surface area contributed by atoms with E-state index in [4.69, 9.17) is 11.6 Å². The molecule has 0 saturated heterocycles. The number of hydrogen-bond donors (Lipinski definition) is 1. The fourth-order valence-electron chi connectivity index (χ4n) is 1.93. The van der Waals surface area contributed by atoms with E-state index in [0.29, 0.717) is 10.7 Å². The summed E-state index contributed by atoms with van der Waals surface area (Å²) < 4.78 is 13.9. The molecule has 0 spiro atoms. The van der Waals surface area contributed by atoms with Gasteiger partial charge in [-0.25, -0.2) is 4.39 Å². The summed E-state index contributed by atoms with van der Waals surface area (Å²) in [7, 11) is 0. The van der Waals surface area contributed by atoms with Crippen LogP contribution in [0.1, 0.15) is 30.6 Å². The highest BCUT2D eigenvalue weighted by Gasteiger charge is 2.18. The Morgan fingerprint density at radius 1 is 1.26 bits per heavy atom. The lowest BCUT2D eigenvalue weighted by molar-refractivity contribution is 0.531. The van der Waals surface area contributed by atoms with Gasteiger partial charge in [0.1, 0.15) is 5.82 Å². The third-order valence-corrected chi connectivity index (χ3v) is 3.11. The van der Waals surface area contributed by atoms with Crippen molar-refractivity contribution in [2.75, 3.05) is 6.54 Å². The maximum atomic E-state index is 13.9. The molecule has 1 heterocycles. The fourth-order valence-corrected chi connectivity index (χ4v) is 2.05. The molecule has 4 heteroatoms. The Labute approximate surface area is 117 Å². The molecule has 0 bridgehead atoms. The molecule has 0 aliphatic heterocycles. The normalized spacial score (nSPS) is 12.4. The molecular weight excluding hydrogens is 263 g/mol. The van der Waals surface area contributed by atoms with Crippen LogP contribution in [-0.2, 0) is 0 Å². The van der Waals surface area contributed by atoms with Crippen LogP contribution in [0.2, 0.25) is 5.02 Å². The summed E-state index contributed by atoms with van der Waals surface area (Å²) in [5.74, 6) is -0.300. The fraction of sp³-hybridized carbons (Fsp3) is 0.267. The van der Waals surface area contributed by atoms with Crippen LogP contribution in [0.25, 0.3) is 0 Å². The van der Waals surface area contributed by atoms with Crippen molar-refractivity contribution in [3.63, 3.8) is 0 Å². The van der Waals surface area contributed by atoms with Crippen molar-refractivity contribution in [1.82, 2.24) is 10.3 Å². The minimum atomic E-state index is -0.300. The minimum Gasteiger partial charge on any atom is -0.305 e. The summed E-state index contributed by atoms with van der Waals surface area (Å²) in [5, 5.41) is 3.98. The summed E-state index contributed by atoms with van der Waals surface area (Å²) in [4.78, 5) is 4.16. The van der Waals surface area contributed by atoms with E-state index in [2.05, 4.69) is 17.2 Å². The highest BCUT2D eigenvalue weighted by Crippen LogP contribution is 2.23. The zero-order valence-electron chi connectivity index (χ0n) is 10.7. The Morgan fingerprint density at radius 2 is 2.00 bits per heavy atom. The van der Waals surface area contributed by atoms with Gasteiger partial charge in [-0.15, -0.1) is 0 Å². The van der Waals surface area contributed by atoms with E-state index in [1.54, 1.807) is 24.4 Å². The molecule has 1 N–H and O–H groups in total. The van der Waals surface area contributed by atoms with Gasteiger partial charge in [0.25, 0.3) is 0 Å². The van der Waals surface area contributed by atoms with Gasteiger partial charge in [0.05, 0.1) is 11.7 Å². The zero-order chi connectivity index (χ0) is 13.7. The molecule has 0 saturated carbocycles. The van der Waals surface area contributed by atoms with E-state index in [1.165, 1.54) is 6.07 Å². The van der Waals surface area contributed by atoms with Crippen LogP contribution in [-0.4, -0.2) is 11.5 Å². The first-order chi connectivity index (χ1) is 9.22. The second-order valence-corrected chi connectivity index (χ2v) is 4.75. The van der Waals surface area contributed by atoms with Gasteiger partial charge in [-0.1, -0.05) is 30.7 Å². The average molecular weight is 279 g/mol. The molecule has 1 aromatic heterocycles. The average Bonchev–Trinajstić information content (AvgIpc) is 2.43. The van der Waals surface area contributed by atoms with Gasteiger partial charge in [0.2, 0.25) is 0 Å². The van der Waals surface area contributed by atoms with Gasteiger partial charge in [-0.05, 0) is 42.8 Å². The maximum Gasteiger partial charge on any atom is 0.146 e. The maximum absolute atomic E-state index is 13.9. The van der Waals surface area contributed by atoms with Crippen molar-refractivity contribution in [3.05, 3.63) is 64.7 Å². The van der Waals surface area contributed by atoms with E-state index in [0.717, 1.165) is 18.5 Å². The summed E-state index contributed by atoms with van der Waals surface area (Å²) in [5.41, 5.74) is 1.37. The number of aromatic nitrogens is 1. The van der Waals surface area contributed by atoms with Crippen LogP contribution >= 0.6 is 11.6 Å². The third-order valence-electron chi connectivity index (χ3n) is 2.86. The molecule has 0 aliphatic carbocycles. The van der Waals surface area contributed by atoms with Crippen LogP contribution in [0.5, 0.6) is 0 Å². The highest BCUT2D eigenvalue weighted by molar-refractivity contribution is 6.30. The number of rotatable bonds is 5. The Kier molecular flexibility index (Phi) is 4.88. The SMILES string of the molecule is CCCNC(c1ccc(Cl)cc1)c1ncccc1F. The summed E-state index contributed by atoms with van der Waals surface area (Å²) in [6.45, 7) is 2.87. The molecule has 2 aromatic rings. The van der Waals surface area contributed by atoms with Crippen molar-refractivity contribution in [2.45, 2.75) is 19.4 Å². The standard InChI is InChI=1S/C15H16ClFN2/c1-2-9-18-14(11-5-7-12(16)8-6-11)15-13(17)4-3-10-19-15/h3-8,10,14,18H,2,9H2,1H3. The van der Waals surface area contributed by atoms with Crippen LogP contribution in [0.4, 0.5) is 4.39 Å². The van der Waals surface area contributed by atoms with Crippen molar-refractivity contribution in [1.29, 1.82) is 0 Å². The monoisotopic (exact) mass is 278 g/mol. The largest absolute Gasteiger partial charge is 0.305 e. The smallest absolute Gasteiger partial charge is 0.146 e. The molecule has 19 heavy (non-hydrogen) atoms. The van der Waals surface area contributed by atoms with Crippen LogP contribution in [0.15, 0.2) is 42.6 Å². The molecule has 1 aromatic carbocycles. The summed E-state index contributed by atoms with van der Waals surface area (Å²) in [6, 6.07) is 10.2. The number of halogens is 2. The minimum absolute atomic E-state index is 0.251. The first kappa shape index (κ1) is 14.0. The van der Waals surface area contributed by atoms with Crippen LogP contribution in [0, 0.1) is 5.82 Å². The number of nitrogens with one attached hydrogen (secondary N) is 1. The topological polar surface area (TPSA) is 24.9 Å². The van der Waals surface area contributed by atoms with Crippen molar-refractivity contribution >= 4 is 11.6 Å². The summed E-state index contributed by atoms with van der Waals surface area (Å²) in [6.07, 6.45) is 2.58. The molecule has 0 amide bonds. The molecule has 1 atom stereocenters. The lowest BCUT2D eigenvalue weighted by atomic mass is 10.0. The zero-order valence-corrected chi connectivity index (χ0v) is 11.5. The van der Waals surface area contributed by atoms with E-state index in [-0.39, 0.29) is 11.9 Å². The molecule has 2 rings (SSSR count). The Morgan fingerprint density at radius 3 is 2.63 bits per heavy atom. The number of hydrogen-bond acceptors (Lipinski definition) is 2. The van der Waals surface area contributed by atoms with Gasteiger partial charge >= 0.3 is 0 Å². The molecule has 100 valence electrons.